The maximum atomic E-state index is 11.4. The molecule has 0 bridgehead atoms. The van der Waals surface area contributed by atoms with Gasteiger partial charge in [-0.1, -0.05) is 61.5 Å². The van der Waals surface area contributed by atoms with Crippen molar-refractivity contribution in [2.75, 3.05) is 6.54 Å². The monoisotopic (exact) mass is 267 g/mol. The van der Waals surface area contributed by atoms with E-state index in [4.69, 9.17) is 0 Å². The van der Waals surface area contributed by atoms with Crippen molar-refractivity contribution in [3.8, 4) is 11.1 Å². The number of nitrogens with one attached hydrogen (secondary N) is 1. The topological polar surface area (TPSA) is 29.1 Å². The van der Waals surface area contributed by atoms with Crippen molar-refractivity contribution in [3.05, 3.63) is 60.2 Å². The van der Waals surface area contributed by atoms with Gasteiger partial charge in [-0.25, -0.2) is 0 Å². The summed E-state index contributed by atoms with van der Waals surface area (Å²) in [6.07, 6.45) is 2.40. The van der Waals surface area contributed by atoms with Gasteiger partial charge in [0.05, 0.1) is 0 Å². The summed E-state index contributed by atoms with van der Waals surface area (Å²) in [5, 5.41) is 2.94. The minimum absolute atomic E-state index is 0.147. The summed E-state index contributed by atoms with van der Waals surface area (Å²) < 4.78 is 0. The first-order valence-electron chi connectivity index (χ1n) is 7.20. The van der Waals surface area contributed by atoms with Crippen molar-refractivity contribution in [1.82, 2.24) is 5.32 Å². The van der Waals surface area contributed by atoms with Gasteiger partial charge in [0.1, 0.15) is 0 Å². The van der Waals surface area contributed by atoms with Crippen LogP contribution in [0.5, 0.6) is 0 Å². The zero-order chi connectivity index (χ0) is 14.2. The highest BCUT2D eigenvalue weighted by Crippen LogP contribution is 2.19. The molecule has 0 atom stereocenters. The van der Waals surface area contributed by atoms with Crippen LogP contribution in [0.25, 0.3) is 11.1 Å². The summed E-state index contributed by atoms with van der Waals surface area (Å²) in [6.45, 7) is 2.73. The van der Waals surface area contributed by atoms with Crippen molar-refractivity contribution < 1.29 is 4.79 Å². The molecule has 20 heavy (non-hydrogen) atoms. The standard InChI is InChI=1S/C18H21NO/c1-2-6-18(20)19-14-13-15-9-11-17(12-10-15)16-7-4-3-5-8-16/h3-5,7-12H,2,6,13-14H2,1H3,(H,19,20). The molecule has 1 amide bonds. The Labute approximate surface area is 120 Å². The Morgan fingerprint density at radius 1 is 0.950 bits per heavy atom. The third kappa shape index (κ3) is 4.23. The number of hydrogen-bond acceptors (Lipinski definition) is 1. The van der Waals surface area contributed by atoms with Gasteiger partial charge in [-0.3, -0.25) is 4.79 Å². The zero-order valence-corrected chi connectivity index (χ0v) is 11.9. The molecule has 104 valence electrons. The number of carbonyl (C=O) groups excluding carboxylic acids is 1. The third-order valence-electron chi connectivity index (χ3n) is 3.27. The molecule has 0 spiro atoms. The van der Waals surface area contributed by atoms with Gasteiger partial charge in [0, 0.05) is 13.0 Å². The zero-order valence-electron chi connectivity index (χ0n) is 11.9. The molecule has 2 nitrogen and oxygen atoms in total. The lowest BCUT2D eigenvalue weighted by Crippen LogP contribution is -2.25. The molecule has 2 heteroatoms. The van der Waals surface area contributed by atoms with Crippen molar-refractivity contribution in [1.29, 1.82) is 0 Å². The average molecular weight is 267 g/mol. The van der Waals surface area contributed by atoms with Crippen LogP contribution >= 0.6 is 0 Å². The second kappa shape index (κ2) is 7.49. The molecule has 0 aliphatic rings. The minimum atomic E-state index is 0.147. The quantitative estimate of drug-likeness (QED) is 0.847. The molecule has 0 radical (unpaired) electrons. The van der Waals surface area contributed by atoms with E-state index in [9.17, 15) is 4.79 Å². The van der Waals surface area contributed by atoms with E-state index in [1.807, 2.05) is 25.1 Å². The number of amides is 1. The van der Waals surface area contributed by atoms with Gasteiger partial charge in [0.2, 0.25) is 5.91 Å². The fourth-order valence-corrected chi connectivity index (χ4v) is 2.16. The number of carbonyl (C=O) groups is 1. The van der Waals surface area contributed by atoms with Crippen LogP contribution in [-0.2, 0) is 11.2 Å². The van der Waals surface area contributed by atoms with Gasteiger partial charge >= 0.3 is 0 Å². The number of rotatable bonds is 6. The van der Waals surface area contributed by atoms with E-state index in [1.165, 1.54) is 16.7 Å². The second-order valence-electron chi connectivity index (χ2n) is 4.91. The molecule has 1 N–H and O–H groups in total. The molecule has 0 heterocycles. The summed E-state index contributed by atoms with van der Waals surface area (Å²) in [5.41, 5.74) is 3.71. The molecule has 2 aromatic carbocycles. The van der Waals surface area contributed by atoms with Gasteiger partial charge in [-0.05, 0) is 29.5 Å². The molecule has 0 aliphatic heterocycles. The van der Waals surface area contributed by atoms with Crippen molar-refractivity contribution in [2.45, 2.75) is 26.2 Å². The van der Waals surface area contributed by atoms with Crippen LogP contribution in [0.15, 0.2) is 54.6 Å². The normalized spacial score (nSPS) is 10.2. The van der Waals surface area contributed by atoms with E-state index in [0.29, 0.717) is 13.0 Å². The molecule has 2 aromatic rings. The van der Waals surface area contributed by atoms with Crippen LogP contribution in [-0.4, -0.2) is 12.5 Å². The Kier molecular flexibility index (Phi) is 5.36. The molecule has 0 unspecified atom stereocenters. The maximum Gasteiger partial charge on any atom is 0.219 e. The van der Waals surface area contributed by atoms with E-state index >= 15 is 0 Å². The van der Waals surface area contributed by atoms with Crippen molar-refractivity contribution in [2.24, 2.45) is 0 Å². The Hall–Kier alpha value is -2.09. The molecule has 2 rings (SSSR count). The minimum Gasteiger partial charge on any atom is -0.356 e. The SMILES string of the molecule is CCCC(=O)NCCc1ccc(-c2ccccc2)cc1. The van der Waals surface area contributed by atoms with Gasteiger partial charge in [0.25, 0.3) is 0 Å². The van der Waals surface area contributed by atoms with Crippen LogP contribution in [0.4, 0.5) is 0 Å². The van der Waals surface area contributed by atoms with Crippen molar-refractivity contribution >= 4 is 5.91 Å². The Balaban J connectivity index is 1.88. The molecular weight excluding hydrogens is 246 g/mol. The van der Waals surface area contributed by atoms with E-state index in [2.05, 4.69) is 41.7 Å². The lowest BCUT2D eigenvalue weighted by atomic mass is 10.0. The maximum absolute atomic E-state index is 11.4. The molecule has 0 saturated heterocycles. The van der Waals surface area contributed by atoms with Crippen LogP contribution in [0.1, 0.15) is 25.3 Å². The molecule has 0 fully saturated rings. The lowest BCUT2D eigenvalue weighted by Gasteiger charge is -2.06. The summed E-state index contributed by atoms with van der Waals surface area (Å²) >= 11 is 0. The molecule has 0 aromatic heterocycles. The summed E-state index contributed by atoms with van der Waals surface area (Å²) in [5.74, 6) is 0.147. The van der Waals surface area contributed by atoms with E-state index in [-0.39, 0.29) is 5.91 Å². The summed E-state index contributed by atoms with van der Waals surface area (Å²) in [6, 6.07) is 18.9. The average Bonchev–Trinajstić information content (AvgIpc) is 2.49. The fourth-order valence-electron chi connectivity index (χ4n) is 2.16. The Morgan fingerprint density at radius 2 is 1.60 bits per heavy atom. The van der Waals surface area contributed by atoms with Crippen LogP contribution < -0.4 is 5.32 Å². The first-order valence-corrected chi connectivity index (χ1v) is 7.20. The molecule has 0 saturated carbocycles. The van der Waals surface area contributed by atoms with Crippen molar-refractivity contribution in [3.63, 3.8) is 0 Å². The molecular formula is C18H21NO. The summed E-state index contributed by atoms with van der Waals surface area (Å²) in [7, 11) is 0. The lowest BCUT2D eigenvalue weighted by molar-refractivity contribution is -0.121. The van der Waals surface area contributed by atoms with Crippen LogP contribution in [0.2, 0.25) is 0 Å². The smallest absolute Gasteiger partial charge is 0.219 e. The first-order chi connectivity index (χ1) is 9.79. The van der Waals surface area contributed by atoms with E-state index < -0.39 is 0 Å². The van der Waals surface area contributed by atoms with Crippen LogP contribution in [0, 0.1) is 0 Å². The van der Waals surface area contributed by atoms with Gasteiger partial charge < -0.3 is 5.32 Å². The summed E-state index contributed by atoms with van der Waals surface area (Å²) in [4.78, 5) is 11.4. The predicted molar refractivity (Wildman–Crippen MR) is 83.5 cm³/mol. The van der Waals surface area contributed by atoms with Gasteiger partial charge in [-0.2, -0.15) is 0 Å². The van der Waals surface area contributed by atoms with Crippen LogP contribution in [0.3, 0.4) is 0 Å². The first kappa shape index (κ1) is 14.3. The van der Waals surface area contributed by atoms with E-state index in [1.54, 1.807) is 0 Å². The largest absolute Gasteiger partial charge is 0.356 e. The molecule has 0 aliphatic carbocycles. The Morgan fingerprint density at radius 3 is 2.25 bits per heavy atom. The highest BCUT2D eigenvalue weighted by atomic mass is 16.1. The highest BCUT2D eigenvalue weighted by Gasteiger charge is 2.00. The third-order valence-corrected chi connectivity index (χ3v) is 3.27. The second-order valence-corrected chi connectivity index (χ2v) is 4.91. The fraction of sp³-hybridized carbons (Fsp3) is 0.278. The van der Waals surface area contributed by atoms with Gasteiger partial charge in [0.15, 0.2) is 0 Å². The number of hydrogen-bond donors (Lipinski definition) is 1. The predicted octanol–water partition coefficient (Wildman–Crippen LogP) is 3.81. The Bertz CT molecular complexity index is 531. The number of benzene rings is 2. The van der Waals surface area contributed by atoms with Gasteiger partial charge in [-0.15, -0.1) is 0 Å². The highest BCUT2D eigenvalue weighted by molar-refractivity contribution is 5.75. The van der Waals surface area contributed by atoms with E-state index in [0.717, 1.165) is 12.8 Å².